The normalized spacial score (nSPS) is 18.5. The molecule has 2 aliphatic rings. The lowest BCUT2D eigenvalue weighted by Gasteiger charge is -2.25. The van der Waals surface area contributed by atoms with Gasteiger partial charge in [-0.2, -0.15) is 9.78 Å². The number of anilines is 1. The van der Waals surface area contributed by atoms with Gasteiger partial charge in [0.15, 0.2) is 5.82 Å². The largest absolute Gasteiger partial charge is 0.875 e. The maximum absolute atomic E-state index is 12.9. The Morgan fingerprint density at radius 2 is 1.97 bits per heavy atom. The second kappa shape index (κ2) is 8.57. The summed E-state index contributed by atoms with van der Waals surface area (Å²) in [6.45, 7) is 11.7. The van der Waals surface area contributed by atoms with E-state index < -0.39 is 5.92 Å². The fourth-order valence-corrected chi connectivity index (χ4v) is 4.08. The summed E-state index contributed by atoms with van der Waals surface area (Å²) in [5, 5.41) is 17.2. The lowest BCUT2D eigenvalue weighted by molar-refractivity contribution is -0.311. The quantitative estimate of drug-likeness (QED) is 0.729. The van der Waals surface area contributed by atoms with Crippen molar-refractivity contribution >= 4 is 22.8 Å². The van der Waals surface area contributed by atoms with Crippen molar-refractivity contribution in [2.24, 2.45) is 16.0 Å². The number of rotatable bonds is 5. The van der Waals surface area contributed by atoms with Crippen molar-refractivity contribution in [2.45, 2.75) is 41.0 Å². The molecule has 2 heterocycles. The third-order valence-electron chi connectivity index (χ3n) is 6.18. The Kier molecular flexibility index (Phi) is 5.82. The van der Waals surface area contributed by atoms with Crippen LogP contribution in [0.5, 0.6) is 0 Å². The van der Waals surface area contributed by atoms with E-state index in [0.29, 0.717) is 34.9 Å². The Morgan fingerprint density at radius 1 is 1.22 bits per heavy atom. The number of nitrogens with zero attached hydrogens (tertiary/aromatic N) is 5. The summed E-state index contributed by atoms with van der Waals surface area (Å²) in [4.78, 5) is 24.7. The predicted molar refractivity (Wildman–Crippen MR) is 127 cm³/mol. The van der Waals surface area contributed by atoms with E-state index in [1.54, 1.807) is 26.0 Å². The number of benzene rings is 1. The summed E-state index contributed by atoms with van der Waals surface area (Å²) in [6, 6.07) is 6.14. The number of allylic oxidation sites excluding steroid dienone is 4. The van der Waals surface area contributed by atoms with Crippen LogP contribution >= 0.6 is 0 Å². The maximum Gasteiger partial charge on any atom is 0.277 e. The minimum absolute atomic E-state index is 0.0400. The SMILES string of the molecule is CCN(CC)c1ccc(N=C2C(C3CC=CC=C3[O-])=Nn3c2nc(C)c(C)c3=O)c(C)c1. The monoisotopic (exact) mass is 430 g/mol. The van der Waals surface area contributed by atoms with Crippen LogP contribution in [0.2, 0.25) is 0 Å². The maximum atomic E-state index is 12.9. The van der Waals surface area contributed by atoms with E-state index in [4.69, 9.17) is 4.99 Å². The lowest BCUT2D eigenvalue weighted by Crippen LogP contribution is -2.30. The molecule has 1 unspecified atom stereocenters. The van der Waals surface area contributed by atoms with E-state index in [2.05, 4.69) is 34.9 Å². The van der Waals surface area contributed by atoms with Gasteiger partial charge in [-0.05, 0) is 64.8 Å². The summed E-state index contributed by atoms with van der Waals surface area (Å²) in [7, 11) is 0. The van der Waals surface area contributed by atoms with Crippen molar-refractivity contribution in [2.75, 3.05) is 18.0 Å². The van der Waals surface area contributed by atoms with Crippen LogP contribution < -0.4 is 15.6 Å². The zero-order valence-corrected chi connectivity index (χ0v) is 19.2. The number of fused-ring (bicyclic) bond motifs is 1. The van der Waals surface area contributed by atoms with Gasteiger partial charge in [-0.15, -0.1) is 5.76 Å². The molecule has 0 saturated heterocycles. The van der Waals surface area contributed by atoms with Gasteiger partial charge in [-0.3, -0.25) is 4.79 Å². The van der Waals surface area contributed by atoms with Gasteiger partial charge in [0.2, 0.25) is 0 Å². The van der Waals surface area contributed by atoms with E-state index in [0.717, 1.165) is 30.0 Å². The first kappa shape index (κ1) is 21.7. The van der Waals surface area contributed by atoms with Crippen LogP contribution in [0.4, 0.5) is 11.4 Å². The van der Waals surface area contributed by atoms with Crippen LogP contribution in [0, 0.1) is 26.7 Å². The standard InChI is InChI=1S/C25H29N5O2/c1-6-29(7-2)18-12-13-20(15(3)14-18)27-23-22(19-10-8-9-11-21(19)31)28-30-24(23)26-17(5)16(4)25(30)32/h8-9,11-14,19,31H,6-7,10H2,1-5H3/p-1. The zero-order valence-electron chi connectivity index (χ0n) is 19.2. The fraction of sp³-hybridized carbons (Fsp3) is 0.360. The first-order valence-corrected chi connectivity index (χ1v) is 11.0. The highest BCUT2D eigenvalue weighted by Gasteiger charge is 2.32. The first-order chi connectivity index (χ1) is 15.3. The second-order valence-corrected chi connectivity index (χ2v) is 8.14. The van der Waals surface area contributed by atoms with Crippen LogP contribution in [0.3, 0.4) is 0 Å². The summed E-state index contributed by atoms with van der Waals surface area (Å²) in [5.74, 6) is -0.125. The highest BCUT2D eigenvalue weighted by atomic mass is 16.3. The Balaban J connectivity index is 1.87. The molecule has 1 atom stereocenters. The van der Waals surface area contributed by atoms with E-state index >= 15 is 0 Å². The predicted octanol–water partition coefficient (Wildman–Crippen LogP) is 3.17. The average molecular weight is 431 g/mol. The minimum Gasteiger partial charge on any atom is -0.875 e. The Morgan fingerprint density at radius 3 is 2.62 bits per heavy atom. The Labute approximate surface area is 188 Å². The lowest BCUT2D eigenvalue weighted by atomic mass is 9.90. The molecule has 0 radical (unpaired) electrons. The zero-order chi connectivity index (χ0) is 23.0. The van der Waals surface area contributed by atoms with Gasteiger partial charge < -0.3 is 10.0 Å². The molecule has 0 fully saturated rings. The number of hydrogen-bond acceptors (Lipinski definition) is 6. The number of hydrogen-bond donors (Lipinski definition) is 0. The van der Waals surface area contributed by atoms with Crippen LogP contribution in [0.1, 0.15) is 42.9 Å². The molecule has 1 aromatic carbocycles. The van der Waals surface area contributed by atoms with E-state index in [-0.39, 0.29) is 11.3 Å². The molecule has 2 aromatic rings. The van der Waals surface area contributed by atoms with Gasteiger partial charge in [0.25, 0.3) is 5.56 Å². The molecule has 0 N–H and O–H groups in total. The topological polar surface area (TPSA) is 85.9 Å². The number of aliphatic imine (C=N–C) groups is 1. The van der Waals surface area contributed by atoms with Gasteiger partial charge >= 0.3 is 0 Å². The minimum atomic E-state index is -0.476. The molecule has 1 aliphatic heterocycles. The van der Waals surface area contributed by atoms with Gasteiger partial charge in [0, 0.05) is 36.0 Å². The van der Waals surface area contributed by atoms with Crippen LogP contribution in [0.15, 0.2) is 57.1 Å². The van der Waals surface area contributed by atoms with Crippen LogP contribution in [-0.2, 0) is 0 Å². The van der Waals surface area contributed by atoms with Gasteiger partial charge in [0.1, 0.15) is 5.71 Å². The van der Waals surface area contributed by atoms with Crippen molar-refractivity contribution in [1.29, 1.82) is 0 Å². The molecule has 0 saturated carbocycles. The molecule has 7 nitrogen and oxygen atoms in total. The van der Waals surface area contributed by atoms with Crippen molar-refractivity contribution in [1.82, 2.24) is 9.66 Å². The molecule has 166 valence electrons. The Hall–Kier alpha value is -3.48. The first-order valence-electron chi connectivity index (χ1n) is 11.0. The highest BCUT2D eigenvalue weighted by Crippen LogP contribution is 2.29. The smallest absolute Gasteiger partial charge is 0.277 e. The fourth-order valence-electron chi connectivity index (χ4n) is 4.08. The van der Waals surface area contributed by atoms with Gasteiger partial charge in [-0.25, -0.2) is 9.98 Å². The molecular weight excluding hydrogens is 402 g/mol. The third-order valence-corrected chi connectivity index (χ3v) is 6.18. The Bertz CT molecular complexity index is 1250. The van der Waals surface area contributed by atoms with E-state index in [1.165, 1.54) is 4.68 Å². The van der Waals surface area contributed by atoms with Crippen LogP contribution in [-0.4, -0.2) is 34.2 Å². The van der Waals surface area contributed by atoms with Crippen molar-refractivity contribution in [3.8, 4) is 0 Å². The van der Waals surface area contributed by atoms with Crippen molar-refractivity contribution < 1.29 is 5.11 Å². The van der Waals surface area contributed by atoms with Crippen molar-refractivity contribution in [3.63, 3.8) is 0 Å². The van der Waals surface area contributed by atoms with E-state index in [9.17, 15) is 9.90 Å². The second-order valence-electron chi connectivity index (χ2n) is 8.14. The molecule has 0 bridgehead atoms. The average Bonchev–Trinajstić information content (AvgIpc) is 3.13. The molecule has 1 aromatic heterocycles. The number of aryl methyl sites for hydroxylation is 2. The van der Waals surface area contributed by atoms with Crippen molar-refractivity contribution in [3.05, 3.63) is 75.2 Å². The molecule has 32 heavy (non-hydrogen) atoms. The summed E-state index contributed by atoms with van der Waals surface area (Å²) in [5.41, 5.74) is 4.86. The molecular formula is C25H28N5O2-. The summed E-state index contributed by atoms with van der Waals surface area (Å²) in [6.07, 6.45) is 5.76. The molecule has 0 amide bonds. The summed E-state index contributed by atoms with van der Waals surface area (Å²) < 4.78 is 1.29. The number of aromatic nitrogens is 2. The molecule has 1 aliphatic carbocycles. The third kappa shape index (κ3) is 3.68. The van der Waals surface area contributed by atoms with Crippen LogP contribution in [0.25, 0.3) is 0 Å². The van der Waals surface area contributed by atoms with Gasteiger partial charge in [0.05, 0.1) is 11.4 Å². The molecule has 0 spiro atoms. The van der Waals surface area contributed by atoms with E-state index in [1.807, 2.05) is 25.1 Å². The van der Waals surface area contributed by atoms with Gasteiger partial charge in [-0.1, -0.05) is 18.2 Å². The summed E-state index contributed by atoms with van der Waals surface area (Å²) >= 11 is 0. The highest BCUT2D eigenvalue weighted by molar-refractivity contribution is 6.50. The molecule has 4 rings (SSSR count). The molecule has 7 heteroatoms.